The van der Waals surface area contributed by atoms with E-state index in [9.17, 15) is 9.59 Å². The van der Waals surface area contributed by atoms with Crippen molar-refractivity contribution >= 4 is 11.9 Å². The van der Waals surface area contributed by atoms with Crippen molar-refractivity contribution < 1.29 is 14.7 Å². The number of carboxylic acids is 1. The van der Waals surface area contributed by atoms with Crippen molar-refractivity contribution in [2.24, 2.45) is 0 Å². The minimum atomic E-state index is -1.07. The monoisotopic (exact) mass is 211 g/mol. The van der Waals surface area contributed by atoms with Crippen molar-refractivity contribution in [3.63, 3.8) is 0 Å². The Hall–Kier alpha value is -1.85. The van der Waals surface area contributed by atoms with E-state index in [-0.39, 0.29) is 0 Å². The largest absolute Gasteiger partial charge is 0.480 e. The fourth-order valence-electron chi connectivity index (χ4n) is 1.22. The van der Waals surface area contributed by atoms with Gasteiger partial charge >= 0.3 is 5.97 Å². The van der Waals surface area contributed by atoms with Gasteiger partial charge < -0.3 is 10.4 Å². The second kappa shape index (κ2) is 4.12. The summed E-state index contributed by atoms with van der Waals surface area (Å²) in [6, 6.07) is -0.911. The van der Waals surface area contributed by atoms with Crippen LogP contribution in [0, 0.1) is 13.8 Å². The minimum absolute atomic E-state index is 0.406. The summed E-state index contributed by atoms with van der Waals surface area (Å²) in [5, 5.41) is 17.5. The van der Waals surface area contributed by atoms with Crippen LogP contribution in [0.1, 0.15) is 28.7 Å². The Morgan fingerprint density at radius 2 is 2.07 bits per heavy atom. The number of aromatic amines is 1. The zero-order chi connectivity index (χ0) is 11.6. The maximum atomic E-state index is 11.6. The van der Waals surface area contributed by atoms with Crippen molar-refractivity contribution in [1.82, 2.24) is 15.5 Å². The van der Waals surface area contributed by atoms with Gasteiger partial charge in [-0.2, -0.15) is 5.10 Å². The molecular weight excluding hydrogens is 198 g/mol. The Bertz CT molecular complexity index is 378. The summed E-state index contributed by atoms with van der Waals surface area (Å²) in [6.07, 6.45) is 0. The first-order chi connectivity index (χ1) is 6.93. The van der Waals surface area contributed by atoms with E-state index in [1.54, 1.807) is 13.8 Å². The number of carbonyl (C=O) groups is 2. The molecule has 3 N–H and O–H groups in total. The average Bonchev–Trinajstić information content (AvgIpc) is 2.45. The standard InChI is InChI=1S/C9H13N3O3/c1-4-7(5(2)12-11-4)8(13)10-6(3)9(14)15/h6H,1-3H3,(H,10,13)(H,11,12)(H,14,15)/t6-/m0/s1. The van der Waals surface area contributed by atoms with Gasteiger partial charge in [-0.3, -0.25) is 14.7 Å². The molecule has 1 rings (SSSR count). The number of H-pyrrole nitrogens is 1. The molecule has 0 aliphatic carbocycles. The lowest BCUT2D eigenvalue weighted by Gasteiger charge is -2.08. The third-order valence-electron chi connectivity index (χ3n) is 2.07. The number of rotatable bonds is 3. The number of carbonyl (C=O) groups excluding carboxylic acids is 1. The van der Waals surface area contributed by atoms with Gasteiger partial charge in [-0.25, -0.2) is 0 Å². The predicted octanol–water partition coefficient (Wildman–Crippen LogP) is 0.229. The molecule has 0 aromatic carbocycles. The van der Waals surface area contributed by atoms with Crippen LogP contribution < -0.4 is 5.32 Å². The Morgan fingerprint density at radius 3 is 2.47 bits per heavy atom. The molecule has 0 fully saturated rings. The molecular formula is C9H13N3O3. The summed E-state index contributed by atoms with van der Waals surface area (Å²) >= 11 is 0. The molecule has 6 heteroatoms. The van der Waals surface area contributed by atoms with E-state index in [4.69, 9.17) is 5.11 Å². The van der Waals surface area contributed by atoms with Crippen molar-refractivity contribution in [1.29, 1.82) is 0 Å². The zero-order valence-electron chi connectivity index (χ0n) is 8.79. The normalized spacial score (nSPS) is 12.2. The van der Waals surface area contributed by atoms with E-state index in [2.05, 4.69) is 15.5 Å². The molecule has 0 spiro atoms. The zero-order valence-corrected chi connectivity index (χ0v) is 8.79. The molecule has 0 bridgehead atoms. The van der Waals surface area contributed by atoms with E-state index in [0.29, 0.717) is 17.0 Å². The van der Waals surface area contributed by atoms with E-state index in [1.165, 1.54) is 6.92 Å². The summed E-state index contributed by atoms with van der Waals surface area (Å²) in [4.78, 5) is 22.2. The highest BCUT2D eigenvalue weighted by molar-refractivity contribution is 5.98. The van der Waals surface area contributed by atoms with Crippen molar-refractivity contribution in [3.8, 4) is 0 Å². The van der Waals surface area contributed by atoms with Crippen LogP contribution in [0.4, 0.5) is 0 Å². The molecule has 1 atom stereocenters. The first-order valence-corrected chi connectivity index (χ1v) is 4.48. The molecule has 0 radical (unpaired) electrons. The molecule has 0 aliphatic rings. The van der Waals surface area contributed by atoms with E-state index in [0.717, 1.165) is 0 Å². The Morgan fingerprint density at radius 1 is 1.47 bits per heavy atom. The molecule has 1 amide bonds. The number of nitrogens with one attached hydrogen (secondary N) is 2. The van der Waals surface area contributed by atoms with Crippen LogP contribution in [-0.2, 0) is 4.79 Å². The third kappa shape index (κ3) is 2.34. The molecule has 82 valence electrons. The van der Waals surface area contributed by atoms with Gasteiger partial charge in [0.25, 0.3) is 5.91 Å². The molecule has 0 aliphatic heterocycles. The number of nitrogens with zero attached hydrogens (tertiary/aromatic N) is 1. The van der Waals surface area contributed by atoms with Crippen LogP contribution in [0.3, 0.4) is 0 Å². The van der Waals surface area contributed by atoms with Crippen molar-refractivity contribution in [3.05, 3.63) is 17.0 Å². The van der Waals surface area contributed by atoms with E-state index >= 15 is 0 Å². The first kappa shape index (κ1) is 11.2. The smallest absolute Gasteiger partial charge is 0.325 e. The number of hydrogen-bond acceptors (Lipinski definition) is 3. The number of hydrogen-bond donors (Lipinski definition) is 3. The fraction of sp³-hybridized carbons (Fsp3) is 0.444. The highest BCUT2D eigenvalue weighted by Gasteiger charge is 2.19. The molecule has 1 aromatic heterocycles. The lowest BCUT2D eigenvalue weighted by atomic mass is 10.2. The molecule has 0 saturated carbocycles. The van der Waals surface area contributed by atoms with Gasteiger partial charge in [0, 0.05) is 5.69 Å². The van der Waals surface area contributed by atoms with Crippen LogP contribution in [0.2, 0.25) is 0 Å². The summed E-state index contributed by atoms with van der Waals surface area (Å²) in [5.74, 6) is -1.49. The number of amides is 1. The van der Waals surface area contributed by atoms with Crippen LogP contribution in [0.25, 0.3) is 0 Å². The molecule has 1 heterocycles. The Kier molecular flexibility index (Phi) is 3.08. The maximum absolute atomic E-state index is 11.6. The Balaban J connectivity index is 2.82. The number of aromatic nitrogens is 2. The summed E-state index contributed by atoms with van der Waals surface area (Å²) in [6.45, 7) is 4.80. The van der Waals surface area contributed by atoms with Crippen LogP contribution in [0.5, 0.6) is 0 Å². The van der Waals surface area contributed by atoms with Gasteiger partial charge in [0.05, 0.1) is 11.3 Å². The summed E-state index contributed by atoms with van der Waals surface area (Å²) < 4.78 is 0. The lowest BCUT2D eigenvalue weighted by Crippen LogP contribution is -2.38. The van der Waals surface area contributed by atoms with Gasteiger partial charge in [0.2, 0.25) is 0 Å². The average molecular weight is 211 g/mol. The van der Waals surface area contributed by atoms with E-state index < -0.39 is 17.9 Å². The van der Waals surface area contributed by atoms with Gasteiger partial charge in [0.1, 0.15) is 6.04 Å². The molecule has 1 aromatic rings. The molecule has 0 unspecified atom stereocenters. The van der Waals surface area contributed by atoms with Gasteiger partial charge in [-0.15, -0.1) is 0 Å². The first-order valence-electron chi connectivity index (χ1n) is 4.48. The summed E-state index contributed by atoms with van der Waals surface area (Å²) in [5.41, 5.74) is 1.59. The summed E-state index contributed by atoms with van der Waals surface area (Å²) in [7, 11) is 0. The third-order valence-corrected chi connectivity index (χ3v) is 2.07. The highest BCUT2D eigenvalue weighted by atomic mass is 16.4. The number of aryl methyl sites for hydroxylation is 2. The topological polar surface area (TPSA) is 95.1 Å². The fourth-order valence-corrected chi connectivity index (χ4v) is 1.22. The van der Waals surface area contributed by atoms with Gasteiger partial charge in [-0.05, 0) is 20.8 Å². The van der Waals surface area contributed by atoms with Gasteiger partial charge in [0.15, 0.2) is 0 Å². The molecule has 15 heavy (non-hydrogen) atoms. The van der Waals surface area contributed by atoms with Crippen LogP contribution in [-0.4, -0.2) is 33.2 Å². The minimum Gasteiger partial charge on any atom is -0.480 e. The number of carboxylic acid groups (broad SMARTS) is 1. The highest BCUT2D eigenvalue weighted by Crippen LogP contribution is 2.08. The Labute approximate surface area is 86.7 Å². The SMILES string of the molecule is Cc1n[nH]c(C)c1C(=O)N[C@@H](C)C(=O)O. The predicted molar refractivity (Wildman–Crippen MR) is 52.6 cm³/mol. The maximum Gasteiger partial charge on any atom is 0.325 e. The van der Waals surface area contributed by atoms with Crippen LogP contribution >= 0.6 is 0 Å². The molecule has 0 saturated heterocycles. The quantitative estimate of drug-likeness (QED) is 0.666. The number of aliphatic carboxylic acids is 1. The molecule has 6 nitrogen and oxygen atoms in total. The van der Waals surface area contributed by atoms with Crippen molar-refractivity contribution in [2.75, 3.05) is 0 Å². The lowest BCUT2D eigenvalue weighted by molar-refractivity contribution is -0.138. The second-order valence-electron chi connectivity index (χ2n) is 3.34. The van der Waals surface area contributed by atoms with Gasteiger partial charge in [-0.1, -0.05) is 0 Å². The second-order valence-corrected chi connectivity index (χ2v) is 3.34. The van der Waals surface area contributed by atoms with Crippen LogP contribution in [0.15, 0.2) is 0 Å². The van der Waals surface area contributed by atoms with E-state index in [1.807, 2.05) is 0 Å². The van der Waals surface area contributed by atoms with Crippen molar-refractivity contribution in [2.45, 2.75) is 26.8 Å².